The van der Waals surface area contributed by atoms with Crippen LogP contribution in [-0.2, 0) is 9.53 Å². The van der Waals surface area contributed by atoms with Crippen molar-refractivity contribution in [2.75, 3.05) is 60.7 Å². The van der Waals surface area contributed by atoms with Crippen LogP contribution in [-0.4, -0.2) is 83.5 Å². The van der Waals surface area contributed by atoms with Crippen molar-refractivity contribution in [2.24, 2.45) is 4.99 Å². The maximum atomic E-state index is 12.0. The lowest BCUT2D eigenvalue weighted by molar-refractivity contribution is -0.121. The molecule has 1 saturated heterocycles. The molecule has 1 aliphatic rings. The molecule has 2 atom stereocenters. The molecule has 0 saturated carbocycles. The largest absolute Gasteiger partial charge is 0.493 e. The summed E-state index contributed by atoms with van der Waals surface area (Å²) in [4.78, 5) is 18.7. The second kappa shape index (κ2) is 15.9. The molecule has 1 aromatic rings. The van der Waals surface area contributed by atoms with Crippen LogP contribution < -0.4 is 25.4 Å². The second-order valence-corrected chi connectivity index (χ2v) is 7.79. The summed E-state index contributed by atoms with van der Waals surface area (Å²) in [6, 6.07) is 6.32. The summed E-state index contributed by atoms with van der Waals surface area (Å²) in [5.74, 6) is 2.12. The average molecular weight is 578 g/mol. The number of carbonyl (C=O) groups excluding carboxylic acids is 1. The Morgan fingerprint density at radius 1 is 1.18 bits per heavy atom. The van der Waals surface area contributed by atoms with Crippen molar-refractivity contribution in [3.8, 4) is 11.5 Å². The fourth-order valence-corrected chi connectivity index (χ4v) is 3.56. The van der Waals surface area contributed by atoms with E-state index in [-0.39, 0.29) is 42.0 Å². The SMILES string of the molecule is CCC(C)NC(=O)CCNC(=NC)NCC(c1ccc(OC)c(OC)c1)N1CCOCC1.I. The lowest BCUT2D eigenvalue weighted by Gasteiger charge is -2.35. The van der Waals surface area contributed by atoms with Gasteiger partial charge in [0.1, 0.15) is 0 Å². The number of ether oxygens (including phenoxy) is 3. The topological polar surface area (TPSA) is 96.5 Å². The third-order valence-electron chi connectivity index (χ3n) is 5.63. The third kappa shape index (κ3) is 9.54. The molecular weight excluding hydrogens is 537 g/mol. The maximum absolute atomic E-state index is 12.0. The van der Waals surface area contributed by atoms with E-state index in [1.165, 1.54) is 0 Å². The van der Waals surface area contributed by atoms with Crippen LogP contribution in [0.25, 0.3) is 0 Å². The first-order chi connectivity index (χ1) is 15.5. The molecule has 1 fully saturated rings. The highest BCUT2D eigenvalue weighted by Gasteiger charge is 2.24. The Bertz CT molecular complexity index is 744. The maximum Gasteiger partial charge on any atom is 0.221 e. The van der Waals surface area contributed by atoms with Gasteiger partial charge in [0, 0.05) is 45.7 Å². The molecule has 3 N–H and O–H groups in total. The molecule has 0 spiro atoms. The van der Waals surface area contributed by atoms with Gasteiger partial charge in [0.25, 0.3) is 0 Å². The Morgan fingerprint density at radius 2 is 1.88 bits per heavy atom. The first-order valence-corrected chi connectivity index (χ1v) is 11.3. The van der Waals surface area contributed by atoms with E-state index in [0.29, 0.717) is 50.2 Å². The molecule has 0 aromatic heterocycles. The molecule has 1 aromatic carbocycles. The van der Waals surface area contributed by atoms with Crippen LogP contribution in [0.2, 0.25) is 0 Å². The molecule has 9 nitrogen and oxygen atoms in total. The number of hydrogen-bond donors (Lipinski definition) is 3. The number of methoxy groups -OCH3 is 2. The van der Waals surface area contributed by atoms with Gasteiger partial charge in [0.2, 0.25) is 5.91 Å². The van der Waals surface area contributed by atoms with Crippen molar-refractivity contribution in [3.05, 3.63) is 23.8 Å². The standard InChI is InChI=1S/C23H39N5O4.HI/c1-6-17(2)27-22(29)9-10-25-23(24-3)26-16-19(28-11-13-32-14-12-28)18-7-8-20(30-4)21(15-18)31-5;/h7-8,15,17,19H,6,9-14,16H2,1-5H3,(H,27,29)(H2,24,25,26);1H. The van der Waals surface area contributed by atoms with Gasteiger partial charge in [-0.05, 0) is 31.0 Å². The molecule has 2 unspecified atom stereocenters. The number of rotatable bonds is 11. The van der Waals surface area contributed by atoms with E-state index >= 15 is 0 Å². The van der Waals surface area contributed by atoms with Gasteiger partial charge >= 0.3 is 0 Å². The number of aliphatic imine (C=N–C) groups is 1. The minimum absolute atomic E-state index is 0. The predicted molar refractivity (Wildman–Crippen MR) is 142 cm³/mol. The summed E-state index contributed by atoms with van der Waals surface area (Å²) in [6.45, 7) is 8.34. The van der Waals surface area contributed by atoms with Crippen molar-refractivity contribution in [2.45, 2.75) is 38.8 Å². The van der Waals surface area contributed by atoms with E-state index in [1.807, 2.05) is 19.1 Å². The highest BCUT2D eigenvalue weighted by molar-refractivity contribution is 14.0. The van der Waals surface area contributed by atoms with Crippen molar-refractivity contribution in [1.29, 1.82) is 0 Å². The van der Waals surface area contributed by atoms with Gasteiger partial charge < -0.3 is 30.2 Å². The van der Waals surface area contributed by atoms with Crippen LogP contribution in [0.1, 0.15) is 38.3 Å². The number of morpholine rings is 1. The molecule has 1 amide bonds. The van der Waals surface area contributed by atoms with Gasteiger partial charge in [-0.1, -0.05) is 13.0 Å². The molecule has 1 heterocycles. The number of amides is 1. The monoisotopic (exact) mass is 577 g/mol. The minimum atomic E-state index is 0. The quantitative estimate of drug-likeness (QED) is 0.211. The van der Waals surface area contributed by atoms with Crippen molar-refractivity contribution < 1.29 is 19.0 Å². The summed E-state index contributed by atoms with van der Waals surface area (Å²) in [5, 5.41) is 9.62. The average Bonchev–Trinajstić information content (AvgIpc) is 2.83. The predicted octanol–water partition coefficient (Wildman–Crippen LogP) is 2.16. The van der Waals surface area contributed by atoms with Gasteiger partial charge in [-0.3, -0.25) is 14.7 Å². The van der Waals surface area contributed by atoms with Gasteiger partial charge in [-0.25, -0.2) is 0 Å². The fourth-order valence-electron chi connectivity index (χ4n) is 3.56. The number of nitrogens with zero attached hydrogens (tertiary/aromatic N) is 2. The number of nitrogens with one attached hydrogen (secondary N) is 3. The third-order valence-corrected chi connectivity index (χ3v) is 5.63. The molecular formula is C23H40IN5O4. The van der Waals surface area contributed by atoms with Gasteiger partial charge in [0.15, 0.2) is 17.5 Å². The molecule has 0 radical (unpaired) electrons. The highest BCUT2D eigenvalue weighted by atomic mass is 127. The van der Waals surface area contributed by atoms with Crippen LogP contribution in [0.3, 0.4) is 0 Å². The Morgan fingerprint density at radius 3 is 2.48 bits per heavy atom. The van der Waals surface area contributed by atoms with Crippen LogP contribution in [0.15, 0.2) is 23.2 Å². The van der Waals surface area contributed by atoms with Gasteiger partial charge in [-0.2, -0.15) is 0 Å². The second-order valence-electron chi connectivity index (χ2n) is 7.79. The van der Waals surface area contributed by atoms with E-state index in [9.17, 15) is 4.79 Å². The van der Waals surface area contributed by atoms with Crippen LogP contribution in [0.4, 0.5) is 0 Å². The zero-order valence-electron chi connectivity index (χ0n) is 20.5. The zero-order chi connectivity index (χ0) is 23.3. The number of halogens is 1. The molecule has 0 bridgehead atoms. The Balaban J connectivity index is 0.00000544. The number of carbonyl (C=O) groups is 1. The first-order valence-electron chi connectivity index (χ1n) is 11.3. The molecule has 0 aliphatic carbocycles. The molecule has 33 heavy (non-hydrogen) atoms. The fraction of sp³-hybridized carbons (Fsp3) is 0.652. The summed E-state index contributed by atoms with van der Waals surface area (Å²) < 4.78 is 16.4. The van der Waals surface area contributed by atoms with Crippen LogP contribution >= 0.6 is 24.0 Å². The molecule has 2 rings (SSSR count). The summed E-state index contributed by atoms with van der Waals surface area (Å²) >= 11 is 0. The minimum Gasteiger partial charge on any atom is -0.493 e. The molecule has 1 aliphatic heterocycles. The van der Waals surface area contributed by atoms with E-state index in [2.05, 4.69) is 38.8 Å². The van der Waals surface area contributed by atoms with E-state index in [4.69, 9.17) is 14.2 Å². The van der Waals surface area contributed by atoms with Gasteiger partial charge in [0.05, 0.1) is 33.5 Å². The number of hydrogen-bond acceptors (Lipinski definition) is 6. The van der Waals surface area contributed by atoms with E-state index < -0.39 is 0 Å². The molecule has 188 valence electrons. The Kier molecular flexibility index (Phi) is 14.1. The van der Waals surface area contributed by atoms with Gasteiger partial charge in [-0.15, -0.1) is 24.0 Å². The highest BCUT2D eigenvalue weighted by Crippen LogP contribution is 2.32. The van der Waals surface area contributed by atoms with Crippen molar-refractivity contribution >= 4 is 35.8 Å². The molecule has 10 heteroatoms. The lowest BCUT2D eigenvalue weighted by Crippen LogP contribution is -2.46. The first kappa shape index (κ1) is 29.2. The summed E-state index contributed by atoms with van der Waals surface area (Å²) in [7, 11) is 5.01. The summed E-state index contributed by atoms with van der Waals surface area (Å²) in [6.07, 6.45) is 1.31. The van der Waals surface area contributed by atoms with Crippen molar-refractivity contribution in [3.63, 3.8) is 0 Å². The zero-order valence-corrected chi connectivity index (χ0v) is 22.8. The van der Waals surface area contributed by atoms with Crippen LogP contribution in [0, 0.1) is 0 Å². The van der Waals surface area contributed by atoms with Crippen molar-refractivity contribution in [1.82, 2.24) is 20.9 Å². The lowest BCUT2D eigenvalue weighted by atomic mass is 10.0. The Hall–Kier alpha value is -1.79. The number of guanidine groups is 1. The smallest absolute Gasteiger partial charge is 0.221 e. The normalized spacial score (nSPS) is 16.2. The summed E-state index contributed by atoms with van der Waals surface area (Å²) in [5.41, 5.74) is 1.13. The van der Waals surface area contributed by atoms with Crippen LogP contribution in [0.5, 0.6) is 11.5 Å². The Labute approximate surface area is 215 Å². The van der Waals surface area contributed by atoms with E-state index in [1.54, 1.807) is 21.3 Å². The van der Waals surface area contributed by atoms with E-state index in [0.717, 1.165) is 25.1 Å². The number of benzene rings is 1.